The lowest BCUT2D eigenvalue weighted by molar-refractivity contribution is 0.642. The molecule has 32 heavy (non-hydrogen) atoms. The minimum Gasteiger partial charge on any atom is -0.268 e. The zero-order chi connectivity index (χ0) is 22.2. The molecule has 0 spiro atoms. The van der Waals surface area contributed by atoms with Crippen LogP contribution in [-0.4, -0.2) is 24.5 Å². The Labute approximate surface area is 187 Å². The normalized spacial score (nSPS) is 11.3. The first-order valence-corrected chi connectivity index (χ1v) is 11.1. The zero-order valence-electron chi connectivity index (χ0n) is 17.5. The van der Waals surface area contributed by atoms with Crippen LogP contribution in [0.3, 0.4) is 0 Å². The molecule has 0 aliphatic heterocycles. The maximum Gasteiger partial charge on any atom is 0.278 e. The highest BCUT2D eigenvalue weighted by Crippen LogP contribution is 2.24. The van der Waals surface area contributed by atoms with Crippen molar-refractivity contribution in [3.8, 4) is 5.69 Å². The van der Waals surface area contributed by atoms with E-state index in [1.165, 1.54) is 16.4 Å². The van der Waals surface area contributed by atoms with Crippen molar-refractivity contribution in [2.45, 2.75) is 24.9 Å². The molecule has 8 heteroatoms. The van der Waals surface area contributed by atoms with Crippen LogP contribution < -0.4 is 11.1 Å². The van der Waals surface area contributed by atoms with Crippen molar-refractivity contribution >= 4 is 33.6 Å². The summed E-state index contributed by atoms with van der Waals surface area (Å²) in [5.74, 6) is 0.173. The van der Waals surface area contributed by atoms with Gasteiger partial charge >= 0.3 is 0 Å². The summed E-state index contributed by atoms with van der Waals surface area (Å²) in [5, 5.41) is 9.72. The third-order valence-electron chi connectivity index (χ3n) is 5.28. The lowest BCUT2D eigenvalue weighted by Crippen LogP contribution is -2.25. The number of para-hydroxylation sites is 1. The molecule has 5 rings (SSSR count). The molecular formula is C24H19N5O2S. The highest BCUT2D eigenvalue weighted by atomic mass is 32.2. The summed E-state index contributed by atoms with van der Waals surface area (Å²) in [5.41, 5.74) is 3.62. The van der Waals surface area contributed by atoms with Gasteiger partial charge in [-0.05, 0) is 49.7 Å². The van der Waals surface area contributed by atoms with Crippen molar-refractivity contribution in [2.24, 2.45) is 0 Å². The fraction of sp³-hybridized carbons (Fsp3) is 0.125. The largest absolute Gasteiger partial charge is 0.278 e. The van der Waals surface area contributed by atoms with Gasteiger partial charge in [0.25, 0.3) is 11.1 Å². The van der Waals surface area contributed by atoms with Crippen molar-refractivity contribution in [3.63, 3.8) is 0 Å². The number of thioether (sulfide) groups is 1. The number of hydrogen-bond acceptors (Lipinski definition) is 6. The van der Waals surface area contributed by atoms with Crippen molar-refractivity contribution in [1.29, 1.82) is 0 Å². The highest BCUT2D eigenvalue weighted by molar-refractivity contribution is 7.98. The van der Waals surface area contributed by atoms with E-state index in [2.05, 4.69) is 10.3 Å². The van der Waals surface area contributed by atoms with E-state index < -0.39 is 0 Å². The summed E-state index contributed by atoms with van der Waals surface area (Å²) >= 11 is 1.27. The Bertz CT molecular complexity index is 1610. The standard InChI is InChI=1S/C24H19N5O2S/c1-15-11-12-21(16(2)13-15)29-23(31)17-7-3-5-9-19(17)25-24(29)32-14-28-22(30)18-8-4-6-10-20(18)26-27-28/h3-13H,14H2,1-2H3. The van der Waals surface area contributed by atoms with E-state index in [1.54, 1.807) is 28.8 Å². The molecule has 0 bridgehead atoms. The number of aromatic nitrogens is 5. The molecule has 158 valence electrons. The summed E-state index contributed by atoms with van der Waals surface area (Å²) in [6.45, 7) is 3.98. The van der Waals surface area contributed by atoms with Crippen LogP contribution in [0.2, 0.25) is 0 Å². The van der Waals surface area contributed by atoms with E-state index in [0.29, 0.717) is 27.0 Å². The summed E-state index contributed by atoms with van der Waals surface area (Å²) in [4.78, 5) is 31.0. The summed E-state index contributed by atoms with van der Waals surface area (Å²) in [6.07, 6.45) is 0. The molecule has 0 atom stereocenters. The number of benzene rings is 3. The second-order valence-electron chi connectivity index (χ2n) is 7.53. The van der Waals surface area contributed by atoms with Crippen molar-refractivity contribution in [3.05, 3.63) is 98.6 Å². The Morgan fingerprint density at radius 1 is 0.844 bits per heavy atom. The molecule has 0 saturated heterocycles. The van der Waals surface area contributed by atoms with Gasteiger partial charge in [0.05, 0.1) is 27.9 Å². The topological polar surface area (TPSA) is 82.7 Å². The second kappa shape index (κ2) is 8.05. The van der Waals surface area contributed by atoms with E-state index in [4.69, 9.17) is 4.98 Å². The van der Waals surface area contributed by atoms with Crippen LogP contribution in [-0.2, 0) is 5.88 Å². The van der Waals surface area contributed by atoms with Gasteiger partial charge in [-0.25, -0.2) is 4.98 Å². The number of fused-ring (bicyclic) bond motifs is 2. The first-order valence-electron chi connectivity index (χ1n) is 10.1. The number of aryl methyl sites for hydroxylation is 2. The van der Waals surface area contributed by atoms with Crippen LogP contribution in [0.1, 0.15) is 11.1 Å². The lowest BCUT2D eigenvalue weighted by atomic mass is 10.1. The van der Waals surface area contributed by atoms with Gasteiger partial charge in [0.1, 0.15) is 5.52 Å². The maximum absolute atomic E-state index is 13.5. The molecule has 5 aromatic rings. The number of hydrogen-bond donors (Lipinski definition) is 0. The average Bonchev–Trinajstić information content (AvgIpc) is 2.80. The summed E-state index contributed by atoms with van der Waals surface area (Å²) in [6, 6.07) is 20.3. The molecule has 2 aromatic heterocycles. The quantitative estimate of drug-likeness (QED) is 0.311. The van der Waals surface area contributed by atoms with Crippen LogP contribution in [0, 0.1) is 13.8 Å². The van der Waals surface area contributed by atoms with Crippen LogP contribution in [0.5, 0.6) is 0 Å². The molecule has 3 aromatic carbocycles. The fourth-order valence-corrected chi connectivity index (χ4v) is 4.58. The second-order valence-corrected chi connectivity index (χ2v) is 8.44. The molecule has 0 radical (unpaired) electrons. The molecule has 0 saturated carbocycles. The Kier molecular flexibility index (Phi) is 5.07. The molecule has 2 heterocycles. The minimum atomic E-state index is -0.232. The SMILES string of the molecule is Cc1ccc(-n2c(SCn3nnc4ccccc4c3=O)nc3ccccc3c2=O)c(C)c1. The predicted molar refractivity (Wildman–Crippen MR) is 126 cm³/mol. The Hall–Kier alpha value is -3.78. The first kappa shape index (κ1) is 20.1. The molecule has 7 nitrogen and oxygen atoms in total. The van der Waals surface area contributed by atoms with Gasteiger partial charge in [-0.15, -0.1) is 5.10 Å². The van der Waals surface area contributed by atoms with E-state index in [0.717, 1.165) is 16.8 Å². The molecule has 0 N–H and O–H groups in total. The van der Waals surface area contributed by atoms with Crippen molar-refractivity contribution in [1.82, 2.24) is 24.5 Å². The average molecular weight is 442 g/mol. The van der Waals surface area contributed by atoms with Crippen LogP contribution in [0.25, 0.3) is 27.5 Å². The van der Waals surface area contributed by atoms with E-state index in [1.807, 2.05) is 56.3 Å². The summed E-state index contributed by atoms with van der Waals surface area (Å²) in [7, 11) is 0. The predicted octanol–water partition coefficient (Wildman–Crippen LogP) is 3.86. The van der Waals surface area contributed by atoms with Crippen molar-refractivity contribution < 1.29 is 0 Å². The number of nitrogens with zero attached hydrogens (tertiary/aromatic N) is 5. The molecular weight excluding hydrogens is 422 g/mol. The van der Waals surface area contributed by atoms with Gasteiger partial charge in [-0.2, -0.15) is 4.68 Å². The molecule has 0 fully saturated rings. The zero-order valence-corrected chi connectivity index (χ0v) is 18.3. The van der Waals surface area contributed by atoms with Gasteiger partial charge in [-0.1, -0.05) is 58.9 Å². The minimum absolute atomic E-state index is 0.151. The van der Waals surface area contributed by atoms with Gasteiger partial charge in [0.15, 0.2) is 5.16 Å². The third-order valence-corrected chi connectivity index (χ3v) is 6.19. The molecule has 0 unspecified atom stereocenters. The lowest BCUT2D eigenvalue weighted by Gasteiger charge is -2.15. The van der Waals surface area contributed by atoms with Crippen LogP contribution in [0.4, 0.5) is 0 Å². The number of rotatable bonds is 4. The Morgan fingerprint density at radius 3 is 2.28 bits per heavy atom. The monoisotopic (exact) mass is 441 g/mol. The fourth-order valence-electron chi connectivity index (χ4n) is 3.70. The van der Waals surface area contributed by atoms with Gasteiger partial charge in [0, 0.05) is 0 Å². The van der Waals surface area contributed by atoms with Crippen molar-refractivity contribution in [2.75, 3.05) is 0 Å². The smallest absolute Gasteiger partial charge is 0.268 e. The Balaban J connectivity index is 1.64. The summed E-state index contributed by atoms with van der Waals surface area (Å²) < 4.78 is 2.90. The van der Waals surface area contributed by atoms with Crippen LogP contribution in [0.15, 0.2) is 81.5 Å². The molecule has 0 aliphatic carbocycles. The third kappa shape index (κ3) is 3.48. The van der Waals surface area contributed by atoms with Crippen LogP contribution >= 0.6 is 11.8 Å². The molecule has 0 aliphatic rings. The van der Waals surface area contributed by atoms with Gasteiger partial charge in [-0.3, -0.25) is 14.2 Å². The van der Waals surface area contributed by atoms with E-state index in [-0.39, 0.29) is 17.0 Å². The maximum atomic E-state index is 13.5. The van der Waals surface area contributed by atoms with Gasteiger partial charge < -0.3 is 0 Å². The molecule has 0 amide bonds. The van der Waals surface area contributed by atoms with Gasteiger partial charge in [0.2, 0.25) is 0 Å². The van der Waals surface area contributed by atoms with E-state index >= 15 is 0 Å². The highest BCUT2D eigenvalue weighted by Gasteiger charge is 2.16. The van der Waals surface area contributed by atoms with E-state index in [9.17, 15) is 9.59 Å². The first-order chi connectivity index (χ1) is 15.5. The Morgan fingerprint density at radius 2 is 1.53 bits per heavy atom.